The topological polar surface area (TPSA) is 103 Å². The number of benzene rings is 1. The van der Waals surface area contributed by atoms with E-state index in [-0.39, 0.29) is 12.1 Å². The highest BCUT2D eigenvalue weighted by atomic mass is 16.8. The van der Waals surface area contributed by atoms with E-state index in [0.717, 1.165) is 5.56 Å². The lowest BCUT2D eigenvalue weighted by Crippen LogP contribution is -2.41. The van der Waals surface area contributed by atoms with Crippen LogP contribution in [0.3, 0.4) is 0 Å². The van der Waals surface area contributed by atoms with Crippen molar-refractivity contribution in [2.75, 3.05) is 12.3 Å². The fraction of sp³-hybridized carbons (Fsp3) is 0.600. The molecule has 2 aromatic rings. The number of nitrogens with zero attached hydrogens (tertiary/aromatic N) is 3. The normalized spacial score (nSPS) is 35.1. The lowest BCUT2D eigenvalue weighted by Gasteiger charge is -2.29. The van der Waals surface area contributed by atoms with Gasteiger partial charge in [-0.15, -0.1) is 5.10 Å². The molecule has 5 rings (SSSR count). The van der Waals surface area contributed by atoms with Crippen LogP contribution in [0, 0.1) is 0 Å². The van der Waals surface area contributed by atoms with Crippen molar-refractivity contribution < 1.29 is 23.7 Å². The molecule has 1 aromatic carbocycles. The van der Waals surface area contributed by atoms with Crippen molar-refractivity contribution in [2.24, 2.45) is 0 Å². The Bertz CT molecular complexity index is 900. The molecule has 5 atom stereocenters. The van der Waals surface area contributed by atoms with Crippen LogP contribution in [-0.2, 0) is 23.7 Å². The molecule has 0 saturated carbocycles. The number of hydrogen-bond donors (Lipinski definition) is 1. The van der Waals surface area contributed by atoms with Gasteiger partial charge in [0.1, 0.15) is 30.0 Å². The summed E-state index contributed by atoms with van der Waals surface area (Å²) in [6.07, 6.45) is -1.65. The van der Waals surface area contributed by atoms with Crippen molar-refractivity contribution >= 4 is 5.82 Å². The maximum atomic E-state index is 6.49. The van der Waals surface area contributed by atoms with Crippen LogP contribution in [0.2, 0.25) is 0 Å². The molecular weight excluding hydrogens is 376 g/mol. The molecule has 1 aromatic heterocycles. The van der Waals surface area contributed by atoms with E-state index in [1.165, 1.54) is 0 Å². The Kier molecular flexibility index (Phi) is 4.24. The Balaban J connectivity index is 1.52. The van der Waals surface area contributed by atoms with Gasteiger partial charge in [0.2, 0.25) is 0 Å². The standard InChI is InChI=1S/C20H26N4O5/c1-19(2)25-10-12(27-19)15-14(16-18(26-15)29-20(3,4)28-16)24-17(21)13(22-23-24)11-8-6-5-7-9-11/h5-9,12,14-16,18H,10,21H2,1-4H3/t12-,14-,15+,16+,18+/m0/s1. The lowest BCUT2D eigenvalue weighted by molar-refractivity contribution is -0.226. The van der Waals surface area contributed by atoms with Crippen molar-refractivity contribution in [1.82, 2.24) is 15.0 Å². The van der Waals surface area contributed by atoms with Crippen molar-refractivity contribution in [3.63, 3.8) is 0 Å². The molecular formula is C20H26N4O5. The summed E-state index contributed by atoms with van der Waals surface area (Å²) in [5.74, 6) is -0.995. The number of hydrogen-bond acceptors (Lipinski definition) is 8. The molecule has 4 heterocycles. The molecule has 3 saturated heterocycles. The average molecular weight is 402 g/mol. The Morgan fingerprint density at radius 3 is 2.45 bits per heavy atom. The number of fused-ring (bicyclic) bond motifs is 1. The van der Waals surface area contributed by atoms with Crippen LogP contribution in [0.4, 0.5) is 5.82 Å². The molecule has 0 radical (unpaired) electrons. The molecule has 9 heteroatoms. The maximum absolute atomic E-state index is 6.49. The third-order valence-corrected chi connectivity index (χ3v) is 5.51. The Labute approximate surface area is 169 Å². The Morgan fingerprint density at radius 2 is 1.76 bits per heavy atom. The minimum atomic E-state index is -0.761. The number of rotatable bonds is 3. The Morgan fingerprint density at radius 1 is 1.00 bits per heavy atom. The van der Waals surface area contributed by atoms with Crippen molar-refractivity contribution in [3.05, 3.63) is 30.3 Å². The molecule has 156 valence electrons. The van der Waals surface area contributed by atoms with E-state index in [0.29, 0.717) is 18.1 Å². The second-order valence-electron chi connectivity index (χ2n) is 8.56. The number of anilines is 1. The lowest BCUT2D eigenvalue weighted by atomic mass is 10.0. The minimum Gasteiger partial charge on any atom is -0.382 e. The first kappa shape index (κ1) is 19.0. The summed E-state index contributed by atoms with van der Waals surface area (Å²) >= 11 is 0. The van der Waals surface area contributed by atoms with Gasteiger partial charge in [0, 0.05) is 5.56 Å². The fourth-order valence-corrected chi connectivity index (χ4v) is 4.30. The first-order chi connectivity index (χ1) is 13.7. The summed E-state index contributed by atoms with van der Waals surface area (Å²) in [4.78, 5) is 0. The summed E-state index contributed by atoms with van der Waals surface area (Å²) in [7, 11) is 0. The van der Waals surface area contributed by atoms with E-state index < -0.39 is 30.1 Å². The molecule has 0 aliphatic carbocycles. The van der Waals surface area contributed by atoms with Crippen LogP contribution in [0.5, 0.6) is 0 Å². The van der Waals surface area contributed by atoms with Gasteiger partial charge in [0.15, 0.2) is 23.7 Å². The summed E-state index contributed by atoms with van der Waals surface area (Å²) in [6.45, 7) is 7.88. The van der Waals surface area contributed by atoms with Gasteiger partial charge in [0.05, 0.1) is 6.61 Å². The van der Waals surface area contributed by atoms with E-state index in [4.69, 9.17) is 29.4 Å². The van der Waals surface area contributed by atoms with Crippen LogP contribution in [0.25, 0.3) is 11.3 Å². The molecule has 0 bridgehead atoms. The quantitative estimate of drug-likeness (QED) is 0.833. The average Bonchev–Trinajstić information content (AvgIpc) is 3.37. The first-order valence-electron chi connectivity index (χ1n) is 9.83. The van der Waals surface area contributed by atoms with Gasteiger partial charge in [-0.3, -0.25) is 0 Å². The summed E-state index contributed by atoms with van der Waals surface area (Å²) in [5.41, 5.74) is 8.01. The fourth-order valence-electron chi connectivity index (χ4n) is 4.30. The van der Waals surface area contributed by atoms with E-state index in [2.05, 4.69) is 10.3 Å². The summed E-state index contributed by atoms with van der Waals surface area (Å²) in [5, 5.41) is 8.70. The van der Waals surface area contributed by atoms with Gasteiger partial charge in [-0.25, -0.2) is 4.68 Å². The second-order valence-corrected chi connectivity index (χ2v) is 8.56. The molecule has 9 nitrogen and oxygen atoms in total. The molecule has 2 N–H and O–H groups in total. The third kappa shape index (κ3) is 3.23. The predicted octanol–water partition coefficient (Wildman–Crippen LogP) is 2.10. The highest BCUT2D eigenvalue weighted by Gasteiger charge is 2.59. The van der Waals surface area contributed by atoms with Crippen LogP contribution in [0.15, 0.2) is 30.3 Å². The molecule has 3 aliphatic rings. The van der Waals surface area contributed by atoms with Gasteiger partial charge >= 0.3 is 0 Å². The Hall–Kier alpha value is -2.04. The zero-order valence-electron chi connectivity index (χ0n) is 16.9. The molecule has 3 fully saturated rings. The van der Waals surface area contributed by atoms with E-state index in [9.17, 15) is 0 Å². The molecule has 29 heavy (non-hydrogen) atoms. The second kappa shape index (κ2) is 6.48. The van der Waals surface area contributed by atoms with Crippen LogP contribution in [-0.4, -0.2) is 57.8 Å². The highest BCUT2D eigenvalue weighted by Crippen LogP contribution is 2.46. The van der Waals surface area contributed by atoms with Gasteiger partial charge in [-0.05, 0) is 27.7 Å². The SMILES string of the molecule is CC1(C)O[C@H]2O[C@H]([C@@H]3COC(C)(C)O3)[C@H](n3nnc(-c4ccccc4)c3N)[C@H]2O1. The number of aromatic nitrogens is 3. The van der Waals surface area contributed by atoms with Crippen molar-refractivity contribution in [2.45, 2.75) is 69.9 Å². The largest absolute Gasteiger partial charge is 0.382 e. The molecule has 0 unspecified atom stereocenters. The molecule has 0 amide bonds. The van der Waals surface area contributed by atoms with E-state index in [1.807, 2.05) is 58.0 Å². The zero-order valence-corrected chi connectivity index (χ0v) is 16.9. The summed E-state index contributed by atoms with van der Waals surface area (Å²) in [6, 6.07) is 9.35. The highest BCUT2D eigenvalue weighted by molar-refractivity contribution is 5.69. The van der Waals surface area contributed by atoms with Crippen LogP contribution >= 0.6 is 0 Å². The third-order valence-electron chi connectivity index (χ3n) is 5.51. The minimum absolute atomic E-state index is 0.306. The van der Waals surface area contributed by atoms with Crippen molar-refractivity contribution in [3.8, 4) is 11.3 Å². The van der Waals surface area contributed by atoms with E-state index in [1.54, 1.807) is 4.68 Å². The first-order valence-corrected chi connectivity index (χ1v) is 9.83. The van der Waals surface area contributed by atoms with Gasteiger partial charge < -0.3 is 29.4 Å². The van der Waals surface area contributed by atoms with Gasteiger partial charge in [0.25, 0.3) is 0 Å². The van der Waals surface area contributed by atoms with Gasteiger partial charge in [-0.1, -0.05) is 35.5 Å². The molecule has 3 aliphatic heterocycles. The van der Waals surface area contributed by atoms with E-state index >= 15 is 0 Å². The predicted molar refractivity (Wildman–Crippen MR) is 103 cm³/mol. The monoisotopic (exact) mass is 402 g/mol. The van der Waals surface area contributed by atoms with Crippen molar-refractivity contribution in [1.29, 1.82) is 0 Å². The van der Waals surface area contributed by atoms with Gasteiger partial charge in [-0.2, -0.15) is 0 Å². The zero-order chi connectivity index (χ0) is 20.4. The molecule has 0 spiro atoms. The number of nitrogen functional groups attached to an aromatic ring is 1. The smallest absolute Gasteiger partial charge is 0.189 e. The maximum Gasteiger partial charge on any atom is 0.189 e. The summed E-state index contributed by atoms with van der Waals surface area (Å²) < 4.78 is 31.9. The van der Waals surface area contributed by atoms with Crippen LogP contribution < -0.4 is 5.73 Å². The number of ether oxygens (including phenoxy) is 5. The number of nitrogens with two attached hydrogens (primary N) is 1. The van der Waals surface area contributed by atoms with Crippen LogP contribution in [0.1, 0.15) is 33.7 Å².